The van der Waals surface area contributed by atoms with Gasteiger partial charge in [0.05, 0.1) is 0 Å². The van der Waals surface area contributed by atoms with Gasteiger partial charge in [0.1, 0.15) is 0 Å². The second kappa shape index (κ2) is 4.79. The molecule has 3 rings (SSSR count). The quantitative estimate of drug-likeness (QED) is 0.773. The number of rotatable bonds is 1. The van der Waals surface area contributed by atoms with E-state index in [0.29, 0.717) is 5.54 Å². The second-order valence-electron chi connectivity index (χ2n) is 5.56. The van der Waals surface area contributed by atoms with Gasteiger partial charge in [0, 0.05) is 5.54 Å². The van der Waals surface area contributed by atoms with Crippen molar-refractivity contribution in [2.75, 3.05) is 19.6 Å². The van der Waals surface area contributed by atoms with E-state index in [-0.39, 0.29) is 0 Å². The Labute approximate surface area is 104 Å². The molecule has 2 aliphatic rings. The lowest BCUT2D eigenvalue weighted by molar-refractivity contribution is 0.178. The molecule has 0 radical (unpaired) electrons. The third kappa shape index (κ3) is 2.38. The van der Waals surface area contributed by atoms with E-state index in [1.165, 1.54) is 50.9 Å². The Hall–Kier alpha value is -0.860. The Morgan fingerprint density at radius 3 is 2.53 bits per heavy atom. The number of piperidine rings is 2. The minimum Gasteiger partial charge on any atom is -0.317 e. The highest BCUT2D eigenvalue weighted by Crippen LogP contribution is 2.36. The van der Waals surface area contributed by atoms with Crippen LogP contribution in [0, 0.1) is 0 Å². The van der Waals surface area contributed by atoms with Crippen LogP contribution in [0.2, 0.25) is 0 Å². The molecular weight excluding hydrogens is 208 g/mol. The van der Waals surface area contributed by atoms with Gasteiger partial charge in [-0.15, -0.1) is 0 Å². The summed E-state index contributed by atoms with van der Waals surface area (Å²) in [5.74, 6) is 0.760. The largest absolute Gasteiger partial charge is 0.317 e. The summed E-state index contributed by atoms with van der Waals surface area (Å²) in [7, 11) is 0. The second-order valence-corrected chi connectivity index (χ2v) is 5.56. The van der Waals surface area contributed by atoms with Crippen LogP contribution < -0.4 is 10.6 Å². The van der Waals surface area contributed by atoms with E-state index in [9.17, 15) is 0 Å². The molecule has 2 heterocycles. The van der Waals surface area contributed by atoms with Gasteiger partial charge in [0.25, 0.3) is 0 Å². The van der Waals surface area contributed by atoms with Gasteiger partial charge in [-0.2, -0.15) is 0 Å². The molecular formula is C15H22N2. The van der Waals surface area contributed by atoms with E-state index in [2.05, 4.69) is 41.0 Å². The van der Waals surface area contributed by atoms with E-state index in [0.717, 1.165) is 5.92 Å². The number of nitrogens with one attached hydrogen (secondary N) is 2. The number of hydrogen-bond acceptors (Lipinski definition) is 2. The Kier molecular flexibility index (Phi) is 3.17. The predicted octanol–water partition coefficient (Wildman–Crippen LogP) is 2.28. The van der Waals surface area contributed by atoms with Crippen molar-refractivity contribution in [3.63, 3.8) is 0 Å². The molecule has 2 N–H and O–H groups in total. The predicted molar refractivity (Wildman–Crippen MR) is 71.3 cm³/mol. The molecule has 1 spiro atoms. The molecule has 0 saturated carbocycles. The molecule has 0 aromatic heterocycles. The molecule has 2 fully saturated rings. The number of benzene rings is 1. The summed E-state index contributed by atoms with van der Waals surface area (Å²) in [6.45, 7) is 3.53. The zero-order chi connectivity index (χ0) is 11.6. The van der Waals surface area contributed by atoms with Gasteiger partial charge in [0.2, 0.25) is 0 Å². The van der Waals surface area contributed by atoms with Gasteiger partial charge in [-0.05, 0) is 56.8 Å². The van der Waals surface area contributed by atoms with Crippen molar-refractivity contribution in [3.05, 3.63) is 35.9 Å². The standard InChI is InChI=1S/C15H22N2/c1-2-4-13(5-3-1)14-6-9-17-15(12-14)7-10-16-11-8-15/h1-5,14,16-17H,6-12H2. The average Bonchev–Trinajstić information content (AvgIpc) is 2.41. The Bertz CT molecular complexity index is 349. The minimum atomic E-state index is 0.421. The summed E-state index contributed by atoms with van der Waals surface area (Å²) in [6.07, 6.45) is 5.19. The average molecular weight is 230 g/mol. The van der Waals surface area contributed by atoms with E-state index >= 15 is 0 Å². The molecule has 0 bridgehead atoms. The summed E-state index contributed by atoms with van der Waals surface area (Å²) < 4.78 is 0. The zero-order valence-corrected chi connectivity index (χ0v) is 10.4. The smallest absolute Gasteiger partial charge is 0.0211 e. The van der Waals surface area contributed by atoms with Crippen LogP contribution in [0.3, 0.4) is 0 Å². The fourth-order valence-electron chi connectivity index (χ4n) is 3.45. The van der Waals surface area contributed by atoms with Crippen LogP contribution in [0.25, 0.3) is 0 Å². The normalized spacial score (nSPS) is 28.1. The Morgan fingerprint density at radius 1 is 1.00 bits per heavy atom. The van der Waals surface area contributed by atoms with Gasteiger partial charge in [-0.25, -0.2) is 0 Å². The first-order chi connectivity index (χ1) is 8.38. The lowest BCUT2D eigenvalue weighted by Gasteiger charge is -2.45. The zero-order valence-electron chi connectivity index (χ0n) is 10.4. The molecule has 1 aromatic carbocycles. The highest BCUT2D eigenvalue weighted by atomic mass is 15.0. The minimum absolute atomic E-state index is 0.421. The monoisotopic (exact) mass is 230 g/mol. The van der Waals surface area contributed by atoms with Gasteiger partial charge < -0.3 is 10.6 Å². The van der Waals surface area contributed by atoms with Crippen molar-refractivity contribution in [2.24, 2.45) is 0 Å². The van der Waals surface area contributed by atoms with Crippen LogP contribution in [0.5, 0.6) is 0 Å². The summed E-state index contributed by atoms with van der Waals surface area (Å²) >= 11 is 0. The van der Waals surface area contributed by atoms with Crippen LogP contribution >= 0.6 is 0 Å². The maximum Gasteiger partial charge on any atom is 0.0211 e. The topological polar surface area (TPSA) is 24.1 Å². The summed E-state index contributed by atoms with van der Waals surface area (Å²) in [5.41, 5.74) is 1.95. The summed E-state index contributed by atoms with van der Waals surface area (Å²) in [6, 6.07) is 11.1. The first-order valence-electron chi connectivity index (χ1n) is 6.89. The molecule has 17 heavy (non-hydrogen) atoms. The molecule has 2 aliphatic heterocycles. The van der Waals surface area contributed by atoms with Crippen LogP contribution in [-0.2, 0) is 0 Å². The van der Waals surface area contributed by atoms with Crippen LogP contribution in [0.15, 0.2) is 30.3 Å². The molecule has 92 valence electrons. The fourth-order valence-corrected chi connectivity index (χ4v) is 3.45. The first kappa shape index (κ1) is 11.2. The van der Waals surface area contributed by atoms with E-state index in [4.69, 9.17) is 0 Å². The lowest BCUT2D eigenvalue weighted by atomic mass is 9.74. The first-order valence-corrected chi connectivity index (χ1v) is 6.89. The maximum atomic E-state index is 3.79. The van der Waals surface area contributed by atoms with E-state index in [1.54, 1.807) is 0 Å². The lowest BCUT2D eigenvalue weighted by Crippen LogP contribution is -2.55. The van der Waals surface area contributed by atoms with E-state index in [1.807, 2.05) is 0 Å². The summed E-state index contributed by atoms with van der Waals surface area (Å²) in [5, 5.41) is 7.27. The third-order valence-electron chi connectivity index (χ3n) is 4.46. The van der Waals surface area contributed by atoms with Crippen molar-refractivity contribution in [2.45, 2.75) is 37.1 Å². The Balaban J connectivity index is 1.75. The molecule has 1 atom stereocenters. The maximum absolute atomic E-state index is 3.79. The van der Waals surface area contributed by atoms with Crippen molar-refractivity contribution in [3.8, 4) is 0 Å². The highest BCUT2D eigenvalue weighted by molar-refractivity contribution is 5.21. The van der Waals surface area contributed by atoms with Crippen molar-refractivity contribution in [1.29, 1.82) is 0 Å². The molecule has 2 nitrogen and oxygen atoms in total. The third-order valence-corrected chi connectivity index (χ3v) is 4.46. The van der Waals surface area contributed by atoms with Crippen molar-refractivity contribution >= 4 is 0 Å². The molecule has 0 amide bonds. The van der Waals surface area contributed by atoms with Crippen LogP contribution in [0.4, 0.5) is 0 Å². The van der Waals surface area contributed by atoms with Crippen LogP contribution in [0.1, 0.15) is 37.2 Å². The molecule has 1 unspecified atom stereocenters. The SMILES string of the molecule is c1ccc(C2CCNC3(CCNCC3)C2)cc1. The molecule has 2 saturated heterocycles. The van der Waals surface area contributed by atoms with Gasteiger partial charge >= 0.3 is 0 Å². The van der Waals surface area contributed by atoms with E-state index < -0.39 is 0 Å². The van der Waals surface area contributed by atoms with Crippen molar-refractivity contribution in [1.82, 2.24) is 10.6 Å². The van der Waals surface area contributed by atoms with Crippen molar-refractivity contribution < 1.29 is 0 Å². The van der Waals surface area contributed by atoms with Gasteiger partial charge in [-0.3, -0.25) is 0 Å². The fraction of sp³-hybridized carbons (Fsp3) is 0.600. The number of hydrogen-bond donors (Lipinski definition) is 2. The van der Waals surface area contributed by atoms with Gasteiger partial charge in [-0.1, -0.05) is 30.3 Å². The molecule has 1 aromatic rings. The van der Waals surface area contributed by atoms with Crippen LogP contribution in [-0.4, -0.2) is 25.2 Å². The highest BCUT2D eigenvalue weighted by Gasteiger charge is 2.37. The Morgan fingerprint density at radius 2 is 1.76 bits per heavy atom. The molecule has 2 heteroatoms. The summed E-state index contributed by atoms with van der Waals surface area (Å²) in [4.78, 5) is 0. The molecule has 0 aliphatic carbocycles. The van der Waals surface area contributed by atoms with Gasteiger partial charge in [0.15, 0.2) is 0 Å².